The molecule has 43 heavy (non-hydrogen) atoms. The number of nitrogens with one attached hydrogen (secondary N) is 1. The van der Waals surface area contributed by atoms with Crippen LogP contribution in [0.3, 0.4) is 0 Å². The van der Waals surface area contributed by atoms with E-state index in [1.165, 1.54) is 29.5 Å². The van der Waals surface area contributed by atoms with E-state index in [-0.39, 0.29) is 34.4 Å². The monoisotopic (exact) mass is 633 g/mol. The van der Waals surface area contributed by atoms with Gasteiger partial charge in [-0.1, -0.05) is 29.1 Å². The van der Waals surface area contributed by atoms with Crippen molar-refractivity contribution in [3.8, 4) is 17.0 Å². The zero-order valence-corrected chi connectivity index (χ0v) is 24.3. The third-order valence-electron chi connectivity index (χ3n) is 8.63. The number of ether oxygens (including phenoxy) is 1. The van der Waals surface area contributed by atoms with Crippen LogP contribution in [-0.2, 0) is 6.54 Å². The molecule has 4 aromatic rings. The molecule has 7 nitrogen and oxygen atoms in total. The molecule has 13 heteroatoms. The fraction of sp³-hybridized carbons (Fsp3) is 0.433. The Balaban J connectivity index is 1.06. The number of hydrogen-bond donors (Lipinski definition) is 2. The lowest BCUT2D eigenvalue weighted by Crippen LogP contribution is -2.39. The number of benzene rings is 2. The number of carbonyl (C=O) groups is 1. The summed E-state index contributed by atoms with van der Waals surface area (Å²) in [6, 6.07) is 8.71. The van der Waals surface area contributed by atoms with Gasteiger partial charge in [0.2, 0.25) is 0 Å². The number of hydrogen-bond acceptors (Lipinski definition) is 8. The van der Waals surface area contributed by atoms with Gasteiger partial charge in [-0.3, -0.25) is 0 Å². The highest BCUT2D eigenvalue weighted by Crippen LogP contribution is 2.51. The summed E-state index contributed by atoms with van der Waals surface area (Å²) in [5.41, 5.74) is 1.51. The molecule has 0 amide bonds. The number of aromatic carboxylic acids is 1. The molecule has 7 rings (SSSR count). The summed E-state index contributed by atoms with van der Waals surface area (Å²) in [5, 5.41) is 17.5. The van der Waals surface area contributed by atoms with Gasteiger partial charge >= 0.3 is 12.3 Å². The summed E-state index contributed by atoms with van der Waals surface area (Å²) in [7, 11) is 0. The van der Waals surface area contributed by atoms with Crippen molar-refractivity contribution in [3.05, 3.63) is 59.1 Å². The van der Waals surface area contributed by atoms with Crippen molar-refractivity contribution in [1.82, 2.24) is 15.5 Å². The number of para-hydroxylation sites is 1. The van der Waals surface area contributed by atoms with Crippen LogP contribution in [0.2, 0.25) is 0 Å². The van der Waals surface area contributed by atoms with Crippen LogP contribution in [0.15, 0.2) is 45.3 Å². The lowest BCUT2D eigenvalue weighted by atomic mass is 9.84. The molecule has 4 atom stereocenters. The van der Waals surface area contributed by atoms with Gasteiger partial charge in [-0.15, -0.1) is 24.5 Å². The van der Waals surface area contributed by atoms with Gasteiger partial charge in [0.1, 0.15) is 22.7 Å². The molecule has 226 valence electrons. The van der Waals surface area contributed by atoms with Gasteiger partial charge < -0.3 is 19.7 Å². The highest BCUT2D eigenvalue weighted by molar-refractivity contribution is 8.01. The van der Waals surface area contributed by atoms with Crippen molar-refractivity contribution in [1.29, 1.82) is 0 Å². The molecule has 3 fully saturated rings. The first-order valence-corrected chi connectivity index (χ1v) is 15.9. The van der Waals surface area contributed by atoms with Crippen LogP contribution < -0.4 is 10.1 Å². The Labute approximate surface area is 252 Å². The second kappa shape index (κ2) is 11.1. The molecule has 0 unspecified atom stereocenters. The van der Waals surface area contributed by atoms with E-state index in [9.17, 15) is 27.5 Å². The van der Waals surface area contributed by atoms with Crippen LogP contribution in [0.5, 0.6) is 5.75 Å². The summed E-state index contributed by atoms with van der Waals surface area (Å²) in [5.74, 6) is -0.296. The number of thiazole rings is 1. The first-order valence-electron chi connectivity index (χ1n) is 14.2. The SMILES string of the molecule is O=C(O)c1cc(F)c2nc(S[C@@H]3[C@@H]4CC[C@H]3C[C@@H](NCc3c(-c5ccccc5OC(F)(F)F)noc3C3CC3)C4)sc2c1. The minimum atomic E-state index is -4.82. The Hall–Kier alpha value is -3.16. The maximum absolute atomic E-state index is 14.5. The Morgan fingerprint density at radius 1 is 1.14 bits per heavy atom. The second-order valence-electron chi connectivity index (χ2n) is 11.5. The number of alkyl halides is 3. The van der Waals surface area contributed by atoms with Crippen LogP contribution in [0.1, 0.15) is 66.1 Å². The Morgan fingerprint density at radius 3 is 2.58 bits per heavy atom. The number of thioether (sulfide) groups is 1. The van der Waals surface area contributed by atoms with E-state index in [2.05, 4.69) is 20.2 Å². The van der Waals surface area contributed by atoms with Crippen molar-refractivity contribution in [2.75, 3.05) is 0 Å². The van der Waals surface area contributed by atoms with Crippen LogP contribution >= 0.6 is 23.1 Å². The predicted molar refractivity (Wildman–Crippen MR) is 153 cm³/mol. The highest BCUT2D eigenvalue weighted by atomic mass is 32.2. The first kappa shape index (κ1) is 28.6. The molecule has 2 heterocycles. The smallest absolute Gasteiger partial charge is 0.478 e. The molecule has 2 bridgehead atoms. The summed E-state index contributed by atoms with van der Waals surface area (Å²) in [6.45, 7) is 0.427. The third kappa shape index (κ3) is 5.86. The van der Waals surface area contributed by atoms with Gasteiger partial charge in [0.15, 0.2) is 10.2 Å². The zero-order valence-electron chi connectivity index (χ0n) is 22.7. The Morgan fingerprint density at radius 2 is 1.88 bits per heavy atom. The van der Waals surface area contributed by atoms with Gasteiger partial charge in [-0.2, -0.15) is 0 Å². The molecular weight excluding hydrogens is 606 g/mol. The van der Waals surface area contributed by atoms with E-state index in [0.717, 1.165) is 60.3 Å². The lowest BCUT2D eigenvalue weighted by Gasteiger charge is -2.35. The molecule has 3 aliphatic rings. The number of rotatable bonds is 9. The van der Waals surface area contributed by atoms with Crippen LogP contribution in [-0.4, -0.2) is 38.9 Å². The number of fused-ring (bicyclic) bond motifs is 3. The van der Waals surface area contributed by atoms with Gasteiger partial charge in [0, 0.05) is 34.9 Å². The molecule has 2 aromatic carbocycles. The van der Waals surface area contributed by atoms with Gasteiger partial charge in [0.05, 0.1) is 10.3 Å². The maximum Gasteiger partial charge on any atom is 0.573 e. The number of halogens is 4. The maximum atomic E-state index is 14.5. The lowest BCUT2D eigenvalue weighted by molar-refractivity contribution is -0.274. The van der Waals surface area contributed by atoms with Crippen molar-refractivity contribution >= 4 is 39.3 Å². The number of carboxylic acids is 1. The number of aromatic nitrogens is 2. The van der Waals surface area contributed by atoms with E-state index in [1.807, 2.05) is 0 Å². The summed E-state index contributed by atoms with van der Waals surface area (Å²) in [6.07, 6.45) is 1.12. The van der Waals surface area contributed by atoms with E-state index < -0.39 is 18.1 Å². The van der Waals surface area contributed by atoms with E-state index in [1.54, 1.807) is 23.9 Å². The molecular formula is C30H27F4N3O4S2. The van der Waals surface area contributed by atoms with Crippen LogP contribution in [0.4, 0.5) is 17.6 Å². The van der Waals surface area contributed by atoms with E-state index >= 15 is 0 Å². The molecule has 0 spiro atoms. The zero-order chi connectivity index (χ0) is 29.9. The quantitative estimate of drug-likeness (QED) is 0.179. The Kier molecular flexibility index (Phi) is 7.37. The fourth-order valence-electron chi connectivity index (χ4n) is 6.58. The normalized spacial score (nSPS) is 23.6. The van der Waals surface area contributed by atoms with Crippen molar-refractivity contribution < 1.29 is 36.7 Å². The second-order valence-corrected chi connectivity index (χ2v) is 14.0. The molecule has 0 radical (unpaired) electrons. The first-order chi connectivity index (χ1) is 20.6. The average Bonchev–Trinajstić information content (AvgIpc) is 3.51. The predicted octanol–water partition coefficient (Wildman–Crippen LogP) is 8.00. The van der Waals surface area contributed by atoms with Crippen LogP contribution in [0, 0.1) is 17.7 Å². The highest BCUT2D eigenvalue weighted by Gasteiger charge is 2.44. The van der Waals surface area contributed by atoms with Crippen molar-refractivity contribution in [2.24, 2.45) is 11.8 Å². The van der Waals surface area contributed by atoms with Crippen molar-refractivity contribution in [3.63, 3.8) is 0 Å². The minimum Gasteiger partial charge on any atom is -0.478 e. The number of nitrogens with zero attached hydrogens (tertiary/aromatic N) is 2. The van der Waals surface area contributed by atoms with E-state index in [0.29, 0.717) is 34.0 Å². The molecule has 0 saturated heterocycles. The molecule has 2 N–H and O–H groups in total. The van der Waals surface area contributed by atoms with Gasteiger partial charge in [-0.25, -0.2) is 14.2 Å². The van der Waals surface area contributed by atoms with E-state index in [4.69, 9.17) is 4.52 Å². The third-order valence-corrected chi connectivity index (χ3v) is 11.3. The molecule has 3 aliphatic carbocycles. The summed E-state index contributed by atoms with van der Waals surface area (Å²) in [4.78, 5) is 15.8. The number of carboxylic acid groups (broad SMARTS) is 1. The largest absolute Gasteiger partial charge is 0.573 e. The van der Waals surface area contributed by atoms with Crippen molar-refractivity contribution in [2.45, 2.75) is 73.0 Å². The standard InChI is InChI=1S/C30H27F4N3O4S2/c31-21-11-17(28(38)39)12-23-25(21)36-29(42-23)43-27-15-7-8-16(27)10-18(9-15)35-13-20-24(37-41-26(20)14-5-6-14)19-3-1-2-4-22(19)40-30(32,33)34/h1-4,11-12,14-16,18,27,35H,5-10,13H2,(H,38,39)/t15-,16+,18+,27-. The van der Waals surface area contributed by atoms with Crippen LogP contribution in [0.25, 0.3) is 21.5 Å². The topological polar surface area (TPSA) is 97.5 Å². The van der Waals surface area contributed by atoms with Gasteiger partial charge in [0.25, 0.3) is 0 Å². The van der Waals surface area contributed by atoms with Gasteiger partial charge in [-0.05, 0) is 74.6 Å². The Bertz CT molecular complexity index is 1670. The molecule has 2 aromatic heterocycles. The fourth-order valence-corrected chi connectivity index (χ4v) is 9.39. The average molecular weight is 634 g/mol. The summed E-state index contributed by atoms with van der Waals surface area (Å²) < 4.78 is 65.1. The molecule has 0 aliphatic heterocycles. The molecule has 3 saturated carbocycles. The summed E-state index contributed by atoms with van der Waals surface area (Å²) >= 11 is 2.99. The minimum absolute atomic E-state index is 0.0889.